The summed E-state index contributed by atoms with van der Waals surface area (Å²) in [6.07, 6.45) is 9.94. The predicted octanol–water partition coefficient (Wildman–Crippen LogP) is 1.36. The van der Waals surface area contributed by atoms with Crippen molar-refractivity contribution in [1.29, 1.82) is 0 Å². The SMILES string of the molecule is OC1C=CC2C3C=CC(C3)C12. The van der Waals surface area contributed by atoms with Gasteiger partial charge in [0.05, 0.1) is 6.10 Å². The summed E-state index contributed by atoms with van der Waals surface area (Å²) >= 11 is 0. The molecule has 1 nitrogen and oxygen atoms in total. The first kappa shape index (κ1) is 6.01. The highest BCUT2D eigenvalue weighted by Crippen LogP contribution is 2.52. The lowest BCUT2D eigenvalue weighted by Gasteiger charge is -2.22. The third-order valence-electron chi connectivity index (χ3n) is 3.51. The van der Waals surface area contributed by atoms with Crippen LogP contribution in [0.1, 0.15) is 6.42 Å². The second-order valence-electron chi connectivity index (χ2n) is 3.98. The number of rotatable bonds is 0. The topological polar surface area (TPSA) is 20.2 Å². The van der Waals surface area contributed by atoms with Gasteiger partial charge in [0.15, 0.2) is 0 Å². The normalized spacial score (nSPS) is 57.4. The molecule has 1 saturated carbocycles. The molecule has 0 radical (unpaired) electrons. The van der Waals surface area contributed by atoms with E-state index in [2.05, 4.69) is 18.2 Å². The van der Waals surface area contributed by atoms with Crippen LogP contribution in [0.15, 0.2) is 24.3 Å². The molecule has 3 aliphatic carbocycles. The Morgan fingerprint density at radius 1 is 1.00 bits per heavy atom. The van der Waals surface area contributed by atoms with Gasteiger partial charge in [-0.15, -0.1) is 0 Å². The van der Waals surface area contributed by atoms with Gasteiger partial charge >= 0.3 is 0 Å². The minimum Gasteiger partial charge on any atom is -0.389 e. The summed E-state index contributed by atoms with van der Waals surface area (Å²) in [5, 5.41) is 9.60. The lowest BCUT2D eigenvalue weighted by atomic mass is 9.84. The maximum absolute atomic E-state index is 9.60. The molecular weight excluding hydrogens is 136 g/mol. The molecule has 3 rings (SSSR count). The Morgan fingerprint density at radius 2 is 1.82 bits per heavy atom. The fourth-order valence-electron chi connectivity index (χ4n) is 3.02. The zero-order valence-electron chi connectivity index (χ0n) is 6.35. The number of aliphatic hydroxyl groups excluding tert-OH is 1. The van der Waals surface area contributed by atoms with E-state index in [1.54, 1.807) is 0 Å². The van der Waals surface area contributed by atoms with Crippen LogP contribution in [-0.2, 0) is 0 Å². The van der Waals surface area contributed by atoms with E-state index in [9.17, 15) is 5.11 Å². The molecule has 0 heterocycles. The number of fused-ring (bicyclic) bond motifs is 5. The first-order chi connectivity index (χ1) is 5.36. The average Bonchev–Trinajstić information content (AvgIpc) is 2.60. The molecule has 0 aromatic rings. The monoisotopic (exact) mass is 148 g/mol. The van der Waals surface area contributed by atoms with Crippen molar-refractivity contribution in [2.75, 3.05) is 0 Å². The van der Waals surface area contributed by atoms with Crippen LogP contribution in [0.4, 0.5) is 0 Å². The molecule has 3 aliphatic rings. The van der Waals surface area contributed by atoms with Crippen LogP contribution in [0.5, 0.6) is 0 Å². The molecule has 0 aromatic carbocycles. The summed E-state index contributed by atoms with van der Waals surface area (Å²) in [6, 6.07) is 0. The standard InChI is InChI=1S/C10H12O/c11-9-4-3-8-6-1-2-7(5-6)10(8)9/h1-4,6-11H,5H2. The largest absolute Gasteiger partial charge is 0.389 e. The molecule has 0 saturated heterocycles. The molecule has 0 amide bonds. The highest BCUT2D eigenvalue weighted by molar-refractivity contribution is 5.24. The zero-order valence-corrected chi connectivity index (χ0v) is 6.35. The fourth-order valence-corrected chi connectivity index (χ4v) is 3.02. The Bertz CT molecular complexity index is 241. The summed E-state index contributed by atoms with van der Waals surface area (Å²) < 4.78 is 0. The first-order valence-corrected chi connectivity index (χ1v) is 4.41. The smallest absolute Gasteiger partial charge is 0.0760 e. The van der Waals surface area contributed by atoms with Gasteiger partial charge in [-0.25, -0.2) is 0 Å². The number of hydrogen-bond donors (Lipinski definition) is 1. The van der Waals surface area contributed by atoms with E-state index in [-0.39, 0.29) is 6.10 Å². The van der Waals surface area contributed by atoms with Crippen molar-refractivity contribution < 1.29 is 5.11 Å². The van der Waals surface area contributed by atoms with Crippen molar-refractivity contribution in [1.82, 2.24) is 0 Å². The Kier molecular flexibility index (Phi) is 0.972. The summed E-state index contributed by atoms with van der Waals surface area (Å²) in [4.78, 5) is 0. The van der Waals surface area contributed by atoms with Crippen molar-refractivity contribution in [2.45, 2.75) is 12.5 Å². The Morgan fingerprint density at radius 3 is 2.64 bits per heavy atom. The van der Waals surface area contributed by atoms with Crippen molar-refractivity contribution >= 4 is 0 Å². The minimum absolute atomic E-state index is 0.153. The summed E-state index contributed by atoms with van der Waals surface area (Å²) in [5.74, 6) is 2.62. The molecule has 0 spiro atoms. The summed E-state index contributed by atoms with van der Waals surface area (Å²) in [6.45, 7) is 0. The van der Waals surface area contributed by atoms with Crippen LogP contribution in [0.2, 0.25) is 0 Å². The Balaban J connectivity index is 2.02. The molecule has 58 valence electrons. The maximum atomic E-state index is 9.60. The van der Waals surface area contributed by atoms with E-state index in [0.717, 1.165) is 5.92 Å². The van der Waals surface area contributed by atoms with E-state index in [1.165, 1.54) is 6.42 Å². The van der Waals surface area contributed by atoms with E-state index in [0.29, 0.717) is 17.8 Å². The minimum atomic E-state index is -0.153. The number of allylic oxidation sites excluding steroid dienone is 3. The number of hydrogen-bond acceptors (Lipinski definition) is 1. The Hall–Kier alpha value is -0.560. The molecule has 0 aliphatic heterocycles. The predicted molar refractivity (Wildman–Crippen MR) is 42.9 cm³/mol. The van der Waals surface area contributed by atoms with E-state index in [4.69, 9.17) is 0 Å². The van der Waals surface area contributed by atoms with Gasteiger partial charge in [-0.1, -0.05) is 24.3 Å². The van der Waals surface area contributed by atoms with Crippen molar-refractivity contribution in [2.24, 2.45) is 23.7 Å². The van der Waals surface area contributed by atoms with Gasteiger partial charge < -0.3 is 5.11 Å². The van der Waals surface area contributed by atoms with Crippen molar-refractivity contribution in [3.05, 3.63) is 24.3 Å². The fraction of sp³-hybridized carbons (Fsp3) is 0.600. The van der Waals surface area contributed by atoms with Gasteiger partial charge in [0.25, 0.3) is 0 Å². The first-order valence-electron chi connectivity index (χ1n) is 4.41. The van der Waals surface area contributed by atoms with Crippen LogP contribution >= 0.6 is 0 Å². The zero-order chi connectivity index (χ0) is 7.42. The van der Waals surface area contributed by atoms with Crippen molar-refractivity contribution in [3.8, 4) is 0 Å². The van der Waals surface area contributed by atoms with Crippen LogP contribution in [0.25, 0.3) is 0 Å². The van der Waals surface area contributed by atoms with Gasteiger partial charge in [-0.2, -0.15) is 0 Å². The van der Waals surface area contributed by atoms with Crippen molar-refractivity contribution in [3.63, 3.8) is 0 Å². The lowest BCUT2D eigenvalue weighted by Crippen LogP contribution is -2.23. The molecule has 2 bridgehead atoms. The second kappa shape index (κ2) is 1.78. The molecule has 1 fully saturated rings. The molecule has 11 heavy (non-hydrogen) atoms. The highest BCUT2D eigenvalue weighted by atomic mass is 16.3. The quantitative estimate of drug-likeness (QED) is 0.514. The molecule has 1 heteroatoms. The molecule has 0 aromatic heterocycles. The third-order valence-corrected chi connectivity index (χ3v) is 3.51. The molecule has 5 atom stereocenters. The van der Waals surface area contributed by atoms with E-state index >= 15 is 0 Å². The highest BCUT2D eigenvalue weighted by Gasteiger charge is 2.48. The molecule has 5 unspecified atom stereocenters. The maximum Gasteiger partial charge on any atom is 0.0760 e. The molecular formula is C10H12O. The summed E-state index contributed by atoms with van der Waals surface area (Å²) in [5.41, 5.74) is 0. The lowest BCUT2D eigenvalue weighted by molar-refractivity contribution is 0.132. The second-order valence-corrected chi connectivity index (χ2v) is 3.98. The van der Waals surface area contributed by atoms with Gasteiger partial charge in [-0.05, 0) is 24.2 Å². The van der Waals surface area contributed by atoms with Crippen LogP contribution in [0.3, 0.4) is 0 Å². The molecule has 1 N–H and O–H groups in total. The number of aliphatic hydroxyl groups is 1. The Labute approximate surface area is 66.4 Å². The van der Waals surface area contributed by atoms with Crippen LogP contribution in [-0.4, -0.2) is 11.2 Å². The van der Waals surface area contributed by atoms with Gasteiger partial charge in [0, 0.05) is 5.92 Å². The van der Waals surface area contributed by atoms with Gasteiger partial charge in [-0.3, -0.25) is 0 Å². The van der Waals surface area contributed by atoms with E-state index < -0.39 is 0 Å². The van der Waals surface area contributed by atoms with Gasteiger partial charge in [0.1, 0.15) is 0 Å². The summed E-state index contributed by atoms with van der Waals surface area (Å²) in [7, 11) is 0. The van der Waals surface area contributed by atoms with Gasteiger partial charge in [0.2, 0.25) is 0 Å². The van der Waals surface area contributed by atoms with E-state index in [1.807, 2.05) is 6.08 Å². The third kappa shape index (κ3) is 0.603. The average molecular weight is 148 g/mol. The van der Waals surface area contributed by atoms with Crippen LogP contribution in [0, 0.1) is 23.7 Å². The van der Waals surface area contributed by atoms with Crippen LogP contribution < -0.4 is 0 Å².